The van der Waals surface area contributed by atoms with E-state index < -0.39 is 7.44 Å². The van der Waals surface area contributed by atoms with Crippen LogP contribution in [0.3, 0.4) is 0 Å². The molecule has 13 heavy (non-hydrogen) atoms. The van der Waals surface area contributed by atoms with E-state index in [9.17, 15) is 4.57 Å². The molecule has 0 spiro atoms. The molecular weight excluding hydrogens is 183 g/mol. The molecule has 0 radical (unpaired) electrons. The SMILES string of the molecule is CC(C)CCP(=O)(N(C)C)N(C)C. The fraction of sp³-hybridized carbons (Fsp3) is 1.00. The Labute approximate surface area is 82.6 Å². The molecule has 0 aliphatic carbocycles. The van der Waals surface area contributed by atoms with E-state index in [1.807, 2.05) is 37.5 Å². The van der Waals surface area contributed by atoms with Gasteiger partial charge in [0.2, 0.25) is 7.44 Å². The minimum Gasteiger partial charge on any atom is -0.289 e. The summed E-state index contributed by atoms with van der Waals surface area (Å²) >= 11 is 0. The summed E-state index contributed by atoms with van der Waals surface area (Å²) in [5.41, 5.74) is 0. The molecule has 0 aromatic rings. The lowest BCUT2D eigenvalue weighted by Gasteiger charge is -2.31. The van der Waals surface area contributed by atoms with Crippen LogP contribution < -0.4 is 0 Å². The molecule has 0 saturated carbocycles. The number of nitrogens with zero attached hydrogens (tertiary/aromatic N) is 2. The third-order valence-electron chi connectivity index (χ3n) is 2.25. The molecule has 0 aliphatic heterocycles. The molecule has 0 aromatic heterocycles. The highest BCUT2D eigenvalue weighted by Crippen LogP contribution is 2.50. The van der Waals surface area contributed by atoms with Gasteiger partial charge in [0.1, 0.15) is 0 Å². The van der Waals surface area contributed by atoms with Crippen LogP contribution in [0.25, 0.3) is 0 Å². The van der Waals surface area contributed by atoms with E-state index in [-0.39, 0.29) is 0 Å². The molecule has 0 aromatic carbocycles. The Morgan fingerprint density at radius 1 is 1.08 bits per heavy atom. The van der Waals surface area contributed by atoms with Gasteiger partial charge in [-0.05, 0) is 40.5 Å². The van der Waals surface area contributed by atoms with Crippen LogP contribution in [0.15, 0.2) is 0 Å². The summed E-state index contributed by atoms with van der Waals surface area (Å²) in [7, 11) is 5.31. The van der Waals surface area contributed by atoms with Crippen molar-refractivity contribution in [1.82, 2.24) is 9.34 Å². The van der Waals surface area contributed by atoms with Gasteiger partial charge in [-0.25, -0.2) is 9.34 Å². The summed E-state index contributed by atoms with van der Waals surface area (Å²) in [5, 5.41) is 0. The first-order valence-corrected chi connectivity index (χ1v) is 6.55. The average molecular weight is 206 g/mol. The standard InChI is InChI=1S/C9H23N2OP/c1-9(2)7-8-13(12,10(3)4)11(5)6/h9H,7-8H2,1-6H3. The molecule has 80 valence electrons. The van der Waals surface area contributed by atoms with Crippen molar-refractivity contribution in [3.05, 3.63) is 0 Å². The Kier molecular flexibility index (Phi) is 5.19. The Morgan fingerprint density at radius 2 is 1.46 bits per heavy atom. The quantitative estimate of drug-likeness (QED) is 0.645. The molecule has 0 atom stereocenters. The first-order chi connectivity index (χ1) is 5.80. The molecular formula is C9H23N2OP. The molecule has 0 saturated heterocycles. The van der Waals surface area contributed by atoms with E-state index in [2.05, 4.69) is 13.8 Å². The lowest BCUT2D eigenvalue weighted by molar-refractivity contribution is 0.440. The van der Waals surface area contributed by atoms with Gasteiger partial charge >= 0.3 is 0 Å². The molecule has 3 nitrogen and oxygen atoms in total. The van der Waals surface area contributed by atoms with Crippen molar-refractivity contribution in [2.24, 2.45) is 5.92 Å². The third kappa shape index (κ3) is 3.80. The first kappa shape index (κ1) is 13.2. The number of hydrogen-bond donors (Lipinski definition) is 0. The highest BCUT2D eigenvalue weighted by atomic mass is 31.2. The number of hydrogen-bond acceptors (Lipinski definition) is 1. The van der Waals surface area contributed by atoms with Gasteiger partial charge in [0.15, 0.2) is 0 Å². The van der Waals surface area contributed by atoms with Gasteiger partial charge in [0.05, 0.1) is 0 Å². The number of rotatable bonds is 5. The topological polar surface area (TPSA) is 23.6 Å². The van der Waals surface area contributed by atoms with Crippen molar-refractivity contribution >= 4 is 7.44 Å². The molecule has 0 amide bonds. The van der Waals surface area contributed by atoms with Crippen molar-refractivity contribution in [3.63, 3.8) is 0 Å². The summed E-state index contributed by atoms with van der Waals surface area (Å²) in [6.45, 7) is 4.32. The van der Waals surface area contributed by atoms with Crippen LogP contribution in [-0.2, 0) is 4.57 Å². The highest BCUT2D eigenvalue weighted by Gasteiger charge is 2.27. The highest BCUT2D eigenvalue weighted by molar-refractivity contribution is 7.58. The zero-order chi connectivity index (χ0) is 10.6. The van der Waals surface area contributed by atoms with Crippen LogP contribution in [0.1, 0.15) is 20.3 Å². The molecule has 0 unspecified atom stereocenters. The monoisotopic (exact) mass is 206 g/mol. The Balaban J connectivity index is 4.35. The molecule has 4 heteroatoms. The van der Waals surface area contributed by atoms with E-state index in [4.69, 9.17) is 0 Å². The second kappa shape index (κ2) is 5.14. The Bertz CT molecular complexity index is 178. The zero-order valence-corrected chi connectivity index (χ0v) is 10.6. The van der Waals surface area contributed by atoms with Crippen LogP contribution in [0.4, 0.5) is 0 Å². The van der Waals surface area contributed by atoms with Gasteiger partial charge in [-0.15, -0.1) is 0 Å². The van der Waals surface area contributed by atoms with E-state index in [1.165, 1.54) is 0 Å². The Morgan fingerprint density at radius 3 is 1.69 bits per heavy atom. The normalized spacial score (nSPS) is 13.3. The summed E-state index contributed by atoms with van der Waals surface area (Å²) in [5.74, 6) is 0.619. The predicted molar refractivity (Wildman–Crippen MR) is 59.3 cm³/mol. The summed E-state index contributed by atoms with van der Waals surface area (Å²) in [4.78, 5) is 0. The predicted octanol–water partition coefficient (Wildman–Crippen LogP) is 2.35. The van der Waals surface area contributed by atoms with Crippen molar-refractivity contribution in [2.45, 2.75) is 20.3 Å². The summed E-state index contributed by atoms with van der Waals surface area (Å²) in [6, 6.07) is 0. The van der Waals surface area contributed by atoms with Gasteiger partial charge in [-0.1, -0.05) is 13.8 Å². The fourth-order valence-corrected chi connectivity index (χ4v) is 3.55. The van der Waals surface area contributed by atoms with Gasteiger partial charge < -0.3 is 0 Å². The second-order valence-corrected chi connectivity index (χ2v) is 7.64. The zero-order valence-electron chi connectivity index (χ0n) is 9.74. The van der Waals surface area contributed by atoms with Crippen molar-refractivity contribution < 1.29 is 4.57 Å². The molecule has 0 aliphatic rings. The van der Waals surface area contributed by atoms with Crippen molar-refractivity contribution in [2.75, 3.05) is 34.4 Å². The van der Waals surface area contributed by atoms with Crippen LogP contribution in [-0.4, -0.2) is 43.7 Å². The average Bonchev–Trinajstić information content (AvgIpc) is 1.99. The van der Waals surface area contributed by atoms with E-state index >= 15 is 0 Å². The second-order valence-electron chi connectivity index (χ2n) is 4.27. The van der Waals surface area contributed by atoms with Crippen LogP contribution in [0.5, 0.6) is 0 Å². The maximum Gasteiger partial charge on any atom is 0.215 e. The Hall–Kier alpha value is 0.150. The van der Waals surface area contributed by atoms with E-state index in [1.54, 1.807) is 0 Å². The molecule has 0 heterocycles. The van der Waals surface area contributed by atoms with E-state index in [0.29, 0.717) is 5.92 Å². The van der Waals surface area contributed by atoms with Gasteiger partial charge in [-0.3, -0.25) is 4.57 Å². The minimum absolute atomic E-state index is 0.619. The van der Waals surface area contributed by atoms with E-state index in [0.717, 1.165) is 12.6 Å². The smallest absolute Gasteiger partial charge is 0.215 e. The lowest BCUT2D eigenvalue weighted by atomic mass is 10.2. The maximum atomic E-state index is 12.4. The van der Waals surface area contributed by atoms with Gasteiger partial charge in [0.25, 0.3) is 0 Å². The van der Waals surface area contributed by atoms with Gasteiger partial charge in [0, 0.05) is 6.16 Å². The molecule has 0 bridgehead atoms. The lowest BCUT2D eigenvalue weighted by Crippen LogP contribution is -2.23. The third-order valence-corrected chi connectivity index (χ3v) is 5.59. The van der Waals surface area contributed by atoms with Crippen LogP contribution in [0, 0.1) is 5.92 Å². The van der Waals surface area contributed by atoms with Crippen LogP contribution in [0.2, 0.25) is 0 Å². The molecule has 0 rings (SSSR count). The molecule has 0 fully saturated rings. The molecule has 0 N–H and O–H groups in total. The van der Waals surface area contributed by atoms with Crippen molar-refractivity contribution in [3.8, 4) is 0 Å². The maximum absolute atomic E-state index is 12.4. The minimum atomic E-state index is -2.25. The largest absolute Gasteiger partial charge is 0.289 e. The van der Waals surface area contributed by atoms with Gasteiger partial charge in [-0.2, -0.15) is 0 Å². The van der Waals surface area contributed by atoms with Crippen molar-refractivity contribution in [1.29, 1.82) is 0 Å². The first-order valence-electron chi connectivity index (χ1n) is 4.75. The fourth-order valence-electron chi connectivity index (χ4n) is 1.18. The summed E-state index contributed by atoms with van der Waals surface area (Å²) < 4.78 is 16.1. The van der Waals surface area contributed by atoms with Crippen LogP contribution >= 0.6 is 7.44 Å². The summed E-state index contributed by atoms with van der Waals surface area (Å²) in [6.07, 6.45) is 1.80.